The molecule has 6 heteroatoms. The van der Waals surface area contributed by atoms with Crippen LogP contribution in [-0.4, -0.2) is 23.4 Å². The highest BCUT2D eigenvalue weighted by molar-refractivity contribution is 6.03. The third kappa shape index (κ3) is 5.40. The number of carbonyl (C=O) groups is 2. The first-order valence-electron chi connectivity index (χ1n) is 14.4. The van der Waals surface area contributed by atoms with Gasteiger partial charge in [-0.2, -0.15) is 0 Å². The molecule has 0 unspecified atom stereocenters. The maximum absolute atomic E-state index is 12.5. The van der Waals surface area contributed by atoms with Crippen LogP contribution < -0.4 is 0 Å². The molecule has 0 amide bonds. The largest absolute Gasteiger partial charge is 0.365 e. The van der Waals surface area contributed by atoms with Crippen molar-refractivity contribution >= 4 is 23.4 Å². The molecule has 0 saturated heterocycles. The Bertz CT molecular complexity index is 1670. The summed E-state index contributed by atoms with van der Waals surface area (Å²) in [7, 11) is 0. The summed E-state index contributed by atoms with van der Waals surface area (Å²) in [4.78, 5) is 35.5. The molecule has 0 heterocycles. The number of benzene rings is 4. The molecular formula is C36H34N2O4. The van der Waals surface area contributed by atoms with Gasteiger partial charge < -0.3 is 9.68 Å². The lowest BCUT2D eigenvalue weighted by molar-refractivity contribution is 0.0507. The monoisotopic (exact) mass is 558 g/mol. The van der Waals surface area contributed by atoms with Crippen LogP contribution in [0.1, 0.15) is 89.9 Å². The van der Waals surface area contributed by atoms with Crippen molar-refractivity contribution in [3.8, 4) is 11.1 Å². The molecule has 0 bridgehead atoms. The van der Waals surface area contributed by atoms with E-state index < -0.39 is 11.9 Å². The Kier molecular flexibility index (Phi) is 8.43. The number of carbonyl (C=O) groups excluding carboxylic acids is 2. The molecule has 6 nitrogen and oxygen atoms in total. The fourth-order valence-electron chi connectivity index (χ4n) is 5.75. The molecule has 5 rings (SSSR count). The van der Waals surface area contributed by atoms with Crippen LogP contribution in [0.25, 0.3) is 11.1 Å². The topological polar surface area (TPSA) is 77.3 Å². The highest BCUT2D eigenvalue weighted by Crippen LogP contribution is 2.53. The first-order chi connectivity index (χ1) is 20.4. The Morgan fingerprint density at radius 3 is 1.60 bits per heavy atom. The summed E-state index contributed by atoms with van der Waals surface area (Å²) < 4.78 is 0. The molecule has 0 radical (unpaired) electrons. The fourth-order valence-corrected chi connectivity index (χ4v) is 5.75. The fraction of sp³-hybridized carbons (Fsp3) is 0.222. The van der Waals surface area contributed by atoms with E-state index in [1.165, 1.54) is 22.3 Å². The minimum Gasteiger partial charge on any atom is -0.313 e. The van der Waals surface area contributed by atoms with Crippen molar-refractivity contribution in [3.05, 3.63) is 130 Å². The molecule has 4 aromatic rings. The van der Waals surface area contributed by atoms with Crippen LogP contribution in [0, 0.1) is 0 Å². The van der Waals surface area contributed by atoms with Crippen LogP contribution in [0.4, 0.5) is 0 Å². The Morgan fingerprint density at radius 1 is 0.619 bits per heavy atom. The van der Waals surface area contributed by atoms with E-state index in [-0.39, 0.29) is 5.41 Å². The van der Waals surface area contributed by atoms with Crippen molar-refractivity contribution in [1.29, 1.82) is 0 Å². The van der Waals surface area contributed by atoms with Gasteiger partial charge in [0.15, 0.2) is 0 Å². The molecule has 42 heavy (non-hydrogen) atoms. The minimum absolute atomic E-state index is 0.211. The first kappa shape index (κ1) is 28.7. The van der Waals surface area contributed by atoms with Crippen molar-refractivity contribution in [2.75, 3.05) is 0 Å². The molecule has 0 saturated carbocycles. The SMILES string of the molecule is CC/C(=N\OC(=O)c1ccccc1)c1ccc2c(c1)C(CC)(CC)c1cc(/C(C)=N/OC(=O)c3ccccc3)ccc1-2. The summed E-state index contributed by atoms with van der Waals surface area (Å²) in [6.07, 6.45) is 2.41. The van der Waals surface area contributed by atoms with Crippen LogP contribution in [0.5, 0.6) is 0 Å². The van der Waals surface area contributed by atoms with Crippen LogP contribution in [-0.2, 0) is 15.1 Å². The Morgan fingerprint density at radius 2 is 1.10 bits per heavy atom. The zero-order valence-corrected chi connectivity index (χ0v) is 24.4. The average molecular weight is 559 g/mol. The number of fused-ring (bicyclic) bond motifs is 3. The molecule has 4 aromatic carbocycles. The maximum Gasteiger partial charge on any atom is 0.365 e. The van der Waals surface area contributed by atoms with Crippen molar-refractivity contribution in [2.24, 2.45) is 10.3 Å². The van der Waals surface area contributed by atoms with Gasteiger partial charge in [-0.05, 0) is 96.0 Å². The van der Waals surface area contributed by atoms with Gasteiger partial charge in [-0.25, -0.2) is 9.59 Å². The van der Waals surface area contributed by atoms with E-state index >= 15 is 0 Å². The predicted molar refractivity (Wildman–Crippen MR) is 166 cm³/mol. The summed E-state index contributed by atoms with van der Waals surface area (Å²) in [6, 6.07) is 30.4. The smallest absolute Gasteiger partial charge is 0.313 e. The highest BCUT2D eigenvalue weighted by Gasteiger charge is 2.41. The van der Waals surface area contributed by atoms with E-state index in [1.807, 2.05) is 38.1 Å². The van der Waals surface area contributed by atoms with Crippen molar-refractivity contribution in [1.82, 2.24) is 0 Å². The van der Waals surface area contributed by atoms with Crippen LogP contribution >= 0.6 is 0 Å². The van der Waals surface area contributed by atoms with Crippen molar-refractivity contribution in [3.63, 3.8) is 0 Å². The molecular weight excluding hydrogens is 524 g/mol. The maximum atomic E-state index is 12.5. The summed E-state index contributed by atoms with van der Waals surface area (Å²) in [5.41, 5.74) is 8.70. The van der Waals surface area contributed by atoms with E-state index in [0.717, 1.165) is 24.0 Å². The molecule has 0 atom stereocenters. The molecule has 0 N–H and O–H groups in total. The van der Waals surface area contributed by atoms with Crippen LogP contribution in [0.15, 0.2) is 107 Å². The van der Waals surface area contributed by atoms with Crippen molar-refractivity contribution in [2.45, 2.75) is 52.4 Å². The van der Waals surface area contributed by atoms with Gasteiger partial charge in [0.1, 0.15) is 0 Å². The van der Waals surface area contributed by atoms with Gasteiger partial charge in [-0.1, -0.05) is 91.7 Å². The molecule has 212 valence electrons. The normalized spacial score (nSPS) is 13.7. The predicted octanol–water partition coefficient (Wildman–Crippen LogP) is 8.33. The second kappa shape index (κ2) is 12.4. The van der Waals surface area contributed by atoms with Gasteiger partial charge in [0, 0.05) is 5.41 Å². The lowest BCUT2D eigenvalue weighted by atomic mass is 9.73. The lowest BCUT2D eigenvalue weighted by Gasteiger charge is -2.30. The number of rotatable bonds is 9. The molecule has 0 spiro atoms. The summed E-state index contributed by atoms with van der Waals surface area (Å²) in [5, 5.41) is 8.43. The molecule has 0 fully saturated rings. The van der Waals surface area contributed by atoms with Gasteiger partial charge in [0.2, 0.25) is 0 Å². The quantitative estimate of drug-likeness (QED) is 0.118. The molecule has 1 aliphatic rings. The second-order valence-corrected chi connectivity index (χ2v) is 10.4. The van der Waals surface area contributed by atoms with Gasteiger partial charge >= 0.3 is 11.9 Å². The second-order valence-electron chi connectivity index (χ2n) is 10.4. The number of hydrogen-bond donors (Lipinski definition) is 0. The van der Waals surface area contributed by atoms with Crippen LogP contribution in [0.2, 0.25) is 0 Å². The van der Waals surface area contributed by atoms with E-state index in [0.29, 0.717) is 29.0 Å². The zero-order chi connectivity index (χ0) is 29.7. The van der Waals surface area contributed by atoms with E-state index in [9.17, 15) is 9.59 Å². The van der Waals surface area contributed by atoms with E-state index in [2.05, 4.69) is 48.4 Å². The molecule has 0 aromatic heterocycles. The number of nitrogens with zero attached hydrogens (tertiary/aromatic N) is 2. The third-order valence-electron chi connectivity index (χ3n) is 8.18. The van der Waals surface area contributed by atoms with Crippen LogP contribution in [0.3, 0.4) is 0 Å². The summed E-state index contributed by atoms with van der Waals surface area (Å²) in [5.74, 6) is -0.971. The standard InChI is InChI=1S/C36H34N2O4/c1-5-33(38-42-35(40)26-16-12-9-13-17-26)28-19-21-30-29-20-18-27(22-31(29)36(6-2,7-3)32(30)23-28)24(4)37-41-34(39)25-14-10-8-11-15-25/h8-23H,5-7H2,1-4H3/b37-24+,38-33+. The van der Waals surface area contributed by atoms with Gasteiger partial charge in [0.05, 0.1) is 22.6 Å². The van der Waals surface area contributed by atoms with E-state index in [1.54, 1.807) is 48.5 Å². The zero-order valence-electron chi connectivity index (χ0n) is 24.4. The Labute approximate surface area is 246 Å². The van der Waals surface area contributed by atoms with Gasteiger partial charge in [-0.15, -0.1) is 0 Å². The Balaban J connectivity index is 1.45. The Hall–Kier alpha value is -4.84. The number of hydrogen-bond acceptors (Lipinski definition) is 6. The van der Waals surface area contributed by atoms with Gasteiger partial charge in [0.25, 0.3) is 0 Å². The lowest BCUT2D eigenvalue weighted by Crippen LogP contribution is -2.24. The molecule has 1 aliphatic carbocycles. The van der Waals surface area contributed by atoms with E-state index in [4.69, 9.17) is 9.68 Å². The average Bonchev–Trinajstić information content (AvgIpc) is 3.33. The van der Waals surface area contributed by atoms with Crippen molar-refractivity contribution < 1.29 is 19.3 Å². The highest BCUT2D eigenvalue weighted by atomic mass is 16.7. The summed E-state index contributed by atoms with van der Waals surface area (Å²) >= 11 is 0. The molecule has 0 aliphatic heterocycles. The third-order valence-corrected chi connectivity index (χ3v) is 8.18. The summed E-state index contributed by atoms with van der Waals surface area (Å²) in [6.45, 7) is 8.27. The minimum atomic E-state index is -0.490. The van der Waals surface area contributed by atoms with Gasteiger partial charge in [-0.3, -0.25) is 0 Å². The number of oxime groups is 2. The first-order valence-corrected chi connectivity index (χ1v) is 14.4.